The average molecular weight is 429 g/mol. The van der Waals surface area contributed by atoms with Gasteiger partial charge in [-0.05, 0) is 85.1 Å². The van der Waals surface area contributed by atoms with Crippen molar-refractivity contribution in [2.75, 3.05) is 13.1 Å². The fourth-order valence-electron chi connectivity index (χ4n) is 4.44. The van der Waals surface area contributed by atoms with Gasteiger partial charge in [0.25, 0.3) is 5.91 Å². The molecule has 0 radical (unpaired) electrons. The van der Waals surface area contributed by atoms with Crippen LogP contribution in [0.4, 0.5) is 4.39 Å². The summed E-state index contributed by atoms with van der Waals surface area (Å²) in [5.41, 5.74) is 9.78. The summed E-state index contributed by atoms with van der Waals surface area (Å²) in [5.74, 6) is -0.879. The molecule has 5 rings (SSSR count). The van der Waals surface area contributed by atoms with Crippen molar-refractivity contribution >= 4 is 16.8 Å². The summed E-state index contributed by atoms with van der Waals surface area (Å²) in [4.78, 5) is 18.6. The molecule has 0 saturated carbocycles. The van der Waals surface area contributed by atoms with Crippen LogP contribution in [0.1, 0.15) is 35.3 Å². The first-order valence-electron chi connectivity index (χ1n) is 10.8. The summed E-state index contributed by atoms with van der Waals surface area (Å²) >= 11 is 0. The predicted molar refractivity (Wildman–Crippen MR) is 122 cm³/mol. The smallest absolute Gasteiger partial charge is 0.269 e. The van der Waals surface area contributed by atoms with Crippen LogP contribution in [-0.4, -0.2) is 38.7 Å². The molecule has 3 heterocycles. The molecule has 1 saturated heterocycles. The monoisotopic (exact) mass is 429 g/mol. The van der Waals surface area contributed by atoms with Gasteiger partial charge in [0, 0.05) is 18.1 Å². The molecule has 7 heteroatoms. The van der Waals surface area contributed by atoms with Crippen LogP contribution in [0.15, 0.2) is 60.9 Å². The number of halogens is 1. The molecule has 1 fully saturated rings. The summed E-state index contributed by atoms with van der Waals surface area (Å²) in [6.45, 7) is 2.83. The van der Waals surface area contributed by atoms with Crippen LogP contribution in [-0.2, 0) is 6.54 Å². The number of carbonyl (C=O) groups excluding carboxylic acids is 1. The first kappa shape index (κ1) is 20.3. The van der Waals surface area contributed by atoms with E-state index in [-0.39, 0.29) is 11.5 Å². The van der Waals surface area contributed by atoms with Gasteiger partial charge in [-0.15, -0.1) is 0 Å². The maximum Gasteiger partial charge on any atom is 0.269 e. The number of aromatic nitrogens is 3. The number of carbonyl (C=O) groups is 1. The third kappa shape index (κ3) is 3.99. The second kappa shape index (κ2) is 8.51. The van der Waals surface area contributed by atoms with E-state index in [1.54, 1.807) is 29.2 Å². The quantitative estimate of drug-likeness (QED) is 0.513. The zero-order valence-electron chi connectivity index (χ0n) is 17.7. The summed E-state index contributed by atoms with van der Waals surface area (Å²) in [7, 11) is 0. The van der Waals surface area contributed by atoms with Crippen molar-refractivity contribution in [1.82, 2.24) is 19.7 Å². The standard InChI is InChI=1S/C25H24FN5O/c26-20-12-17(16-30-9-2-1-3-10-30)11-19(13-20)18-6-7-23-22(14-18)24(25(27)32)29-31(23)21-5-4-8-28-15-21/h4-8,11-15H,1-3,9-10,16H2,(H2,27,32). The number of pyridine rings is 1. The molecule has 2 aromatic carbocycles. The van der Waals surface area contributed by atoms with E-state index in [4.69, 9.17) is 5.73 Å². The Hall–Kier alpha value is -3.58. The fourth-order valence-corrected chi connectivity index (χ4v) is 4.44. The molecule has 0 bridgehead atoms. The Morgan fingerprint density at radius 1 is 1.03 bits per heavy atom. The number of rotatable bonds is 5. The van der Waals surface area contributed by atoms with Gasteiger partial charge in [-0.1, -0.05) is 12.5 Å². The Bertz CT molecular complexity index is 1280. The third-order valence-corrected chi connectivity index (χ3v) is 5.95. The number of amides is 1. The molecular weight excluding hydrogens is 405 g/mol. The summed E-state index contributed by atoms with van der Waals surface area (Å²) < 4.78 is 16.2. The molecule has 4 aromatic rings. The Morgan fingerprint density at radius 2 is 1.88 bits per heavy atom. The van der Waals surface area contributed by atoms with Crippen LogP contribution in [0.2, 0.25) is 0 Å². The number of hydrogen-bond donors (Lipinski definition) is 1. The van der Waals surface area contributed by atoms with Gasteiger partial charge >= 0.3 is 0 Å². The van der Waals surface area contributed by atoms with Gasteiger partial charge in [0.05, 0.1) is 17.4 Å². The molecule has 0 aliphatic carbocycles. The highest BCUT2D eigenvalue weighted by Crippen LogP contribution is 2.29. The minimum Gasteiger partial charge on any atom is -0.364 e. The molecular formula is C25H24FN5O. The number of nitrogens with two attached hydrogens (primary N) is 1. The van der Waals surface area contributed by atoms with Crippen molar-refractivity contribution in [2.24, 2.45) is 5.73 Å². The molecule has 32 heavy (non-hydrogen) atoms. The first-order chi connectivity index (χ1) is 15.6. The molecule has 0 spiro atoms. The van der Waals surface area contributed by atoms with E-state index in [2.05, 4.69) is 15.0 Å². The number of hydrogen-bond acceptors (Lipinski definition) is 4. The Morgan fingerprint density at radius 3 is 2.62 bits per heavy atom. The highest BCUT2D eigenvalue weighted by Gasteiger charge is 2.18. The van der Waals surface area contributed by atoms with Gasteiger partial charge in [0.1, 0.15) is 5.82 Å². The van der Waals surface area contributed by atoms with E-state index in [0.29, 0.717) is 5.39 Å². The van der Waals surface area contributed by atoms with Crippen molar-refractivity contribution in [1.29, 1.82) is 0 Å². The van der Waals surface area contributed by atoms with Crippen LogP contribution in [0.25, 0.3) is 27.7 Å². The number of likely N-dealkylation sites (tertiary alicyclic amines) is 1. The van der Waals surface area contributed by atoms with E-state index in [0.717, 1.165) is 47.5 Å². The van der Waals surface area contributed by atoms with Crippen molar-refractivity contribution in [3.05, 3.63) is 78.0 Å². The van der Waals surface area contributed by atoms with Crippen LogP contribution in [0.5, 0.6) is 0 Å². The van der Waals surface area contributed by atoms with Crippen LogP contribution < -0.4 is 5.73 Å². The fraction of sp³-hybridized carbons (Fsp3) is 0.240. The third-order valence-electron chi connectivity index (χ3n) is 5.95. The molecule has 1 aliphatic heterocycles. The highest BCUT2D eigenvalue weighted by atomic mass is 19.1. The van der Waals surface area contributed by atoms with Crippen molar-refractivity contribution in [2.45, 2.75) is 25.8 Å². The average Bonchev–Trinajstić information content (AvgIpc) is 3.19. The number of primary amides is 1. The number of benzene rings is 2. The maximum atomic E-state index is 14.5. The highest BCUT2D eigenvalue weighted by molar-refractivity contribution is 6.05. The molecule has 2 N–H and O–H groups in total. The van der Waals surface area contributed by atoms with E-state index in [1.807, 2.05) is 30.3 Å². The second-order valence-electron chi connectivity index (χ2n) is 8.25. The number of piperidine rings is 1. The van der Waals surface area contributed by atoms with Crippen molar-refractivity contribution in [3.63, 3.8) is 0 Å². The second-order valence-corrected chi connectivity index (χ2v) is 8.25. The molecule has 6 nitrogen and oxygen atoms in total. The van der Waals surface area contributed by atoms with Crippen molar-refractivity contribution < 1.29 is 9.18 Å². The number of nitrogens with zero attached hydrogens (tertiary/aromatic N) is 4. The molecule has 2 aromatic heterocycles. The van der Waals surface area contributed by atoms with E-state index >= 15 is 0 Å². The Labute approximate surface area is 185 Å². The van der Waals surface area contributed by atoms with Gasteiger partial charge < -0.3 is 5.73 Å². The van der Waals surface area contributed by atoms with Gasteiger partial charge in [0.2, 0.25) is 0 Å². The van der Waals surface area contributed by atoms with Gasteiger partial charge in [-0.25, -0.2) is 9.07 Å². The minimum atomic E-state index is -0.611. The van der Waals surface area contributed by atoms with Gasteiger partial charge in [-0.2, -0.15) is 5.10 Å². The number of fused-ring (bicyclic) bond motifs is 1. The van der Waals surface area contributed by atoms with Crippen LogP contribution >= 0.6 is 0 Å². The lowest BCUT2D eigenvalue weighted by molar-refractivity contribution is 0.0996. The van der Waals surface area contributed by atoms with E-state index in [9.17, 15) is 9.18 Å². The normalized spacial score (nSPS) is 14.7. The first-order valence-corrected chi connectivity index (χ1v) is 10.8. The molecule has 1 amide bonds. The van der Waals surface area contributed by atoms with E-state index in [1.165, 1.54) is 25.3 Å². The van der Waals surface area contributed by atoms with Gasteiger partial charge in [-0.3, -0.25) is 14.7 Å². The van der Waals surface area contributed by atoms with Crippen LogP contribution in [0.3, 0.4) is 0 Å². The molecule has 0 atom stereocenters. The summed E-state index contributed by atoms with van der Waals surface area (Å²) in [6.07, 6.45) is 6.99. The van der Waals surface area contributed by atoms with Crippen molar-refractivity contribution in [3.8, 4) is 16.8 Å². The molecule has 0 unspecified atom stereocenters. The minimum absolute atomic E-state index is 0.177. The Kier molecular flexibility index (Phi) is 5.41. The summed E-state index contributed by atoms with van der Waals surface area (Å²) in [5, 5.41) is 5.05. The zero-order chi connectivity index (χ0) is 22.1. The maximum absolute atomic E-state index is 14.5. The topological polar surface area (TPSA) is 77.0 Å². The van der Waals surface area contributed by atoms with Crippen LogP contribution in [0, 0.1) is 5.82 Å². The molecule has 1 aliphatic rings. The largest absolute Gasteiger partial charge is 0.364 e. The Balaban J connectivity index is 1.56. The molecule has 162 valence electrons. The SMILES string of the molecule is NC(=O)c1nn(-c2cccnc2)c2ccc(-c3cc(F)cc(CN4CCCCC4)c3)cc12. The lowest BCUT2D eigenvalue weighted by Crippen LogP contribution is -2.29. The zero-order valence-corrected chi connectivity index (χ0v) is 17.7. The lowest BCUT2D eigenvalue weighted by Gasteiger charge is -2.26. The summed E-state index contributed by atoms with van der Waals surface area (Å²) in [6, 6.07) is 14.5. The van der Waals surface area contributed by atoms with Gasteiger partial charge in [0.15, 0.2) is 5.69 Å². The predicted octanol–water partition coefficient (Wildman–Crippen LogP) is 4.31. The van der Waals surface area contributed by atoms with E-state index < -0.39 is 5.91 Å². The lowest BCUT2D eigenvalue weighted by atomic mass is 10.00.